The van der Waals surface area contributed by atoms with E-state index in [0.29, 0.717) is 26.0 Å². The first kappa shape index (κ1) is 24.0. The number of nitrogens with zero attached hydrogens (tertiary/aromatic N) is 3. The Morgan fingerprint density at radius 3 is 2.50 bits per heavy atom. The van der Waals surface area contributed by atoms with Crippen molar-refractivity contribution < 1.29 is 22.8 Å². The summed E-state index contributed by atoms with van der Waals surface area (Å²) in [6, 6.07) is 9.82. The number of nitrogens with two attached hydrogens (primary N) is 1. The largest absolute Gasteiger partial charge is 0.435 e. The van der Waals surface area contributed by atoms with Gasteiger partial charge in [-0.05, 0) is 35.7 Å². The molecule has 0 aliphatic rings. The molecule has 0 bridgehead atoms. The van der Waals surface area contributed by atoms with Crippen LogP contribution < -0.4 is 11.1 Å². The highest BCUT2D eigenvalue weighted by Gasteiger charge is 2.37. The van der Waals surface area contributed by atoms with Crippen LogP contribution in [0.5, 0.6) is 0 Å². The second-order valence-electron chi connectivity index (χ2n) is 6.93. The maximum Gasteiger partial charge on any atom is 0.435 e. The average Bonchev–Trinajstić information content (AvgIpc) is 3.21. The summed E-state index contributed by atoms with van der Waals surface area (Å²) in [6.45, 7) is 0. The highest BCUT2D eigenvalue weighted by Crippen LogP contribution is 2.37. The van der Waals surface area contributed by atoms with Crippen LogP contribution in [0.4, 0.5) is 18.9 Å². The van der Waals surface area contributed by atoms with Crippen molar-refractivity contribution in [2.75, 3.05) is 5.32 Å². The van der Waals surface area contributed by atoms with Gasteiger partial charge in [-0.15, -0.1) is 0 Å². The van der Waals surface area contributed by atoms with E-state index < -0.39 is 29.4 Å². The van der Waals surface area contributed by atoms with Crippen molar-refractivity contribution in [1.29, 1.82) is 0 Å². The van der Waals surface area contributed by atoms with Gasteiger partial charge in [-0.3, -0.25) is 9.59 Å². The van der Waals surface area contributed by atoms with Gasteiger partial charge in [0.1, 0.15) is 5.69 Å². The van der Waals surface area contributed by atoms with E-state index >= 15 is 0 Å². The van der Waals surface area contributed by atoms with E-state index in [4.69, 9.17) is 28.9 Å². The van der Waals surface area contributed by atoms with Gasteiger partial charge in [0.2, 0.25) is 0 Å². The lowest BCUT2D eigenvalue weighted by molar-refractivity contribution is -0.141. The molecule has 4 rings (SSSR count). The number of amides is 2. The molecule has 2 heterocycles. The fourth-order valence-electron chi connectivity index (χ4n) is 3.20. The fourth-order valence-corrected chi connectivity index (χ4v) is 4.11. The summed E-state index contributed by atoms with van der Waals surface area (Å²) in [4.78, 5) is 29.2. The van der Waals surface area contributed by atoms with Crippen molar-refractivity contribution in [1.82, 2.24) is 14.8 Å². The maximum atomic E-state index is 13.4. The topological polar surface area (TPSA) is 103 Å². The smallest absolute Gasteiger partial charge is 0.366 e. The number of alkyl halides is 3. The van der Waals surface area contributed by atoms with E-state index in [1.54, 1.807) is 18.2 Å². The van der Waals surface area contributed by atoms with Gasteiger partial charge in [-0.1, -0.05) is 45.2 Å². The molecule has 0 radical (unpaired) electrons. The van der Waals surface area contributed by atoms with Gasteiger partial charge in [0.05, 0.1) is 21.3 Å². The summed E-state index contributed by atoms with van der Waals surface area (Å²) in [5.74, 6) is -2.16. The number of benzene rings is 2. The van der Waals surface area contributed by atoms with Gasteiger partial charge in [0.15, 0.2) is 11.5 Å². The van der Waals surface area contributed by atoms with Crippen LogP contribution in [0.3, 0.4) is 0 Å². The Kier molecular flexibility index (Phi) is 6.28. The van der Waals surface area contributed by atoms with Gasteiger partial charge in [-0.25, -0.2) is 9.67 Å². The number of carbonyl (C=O) groups excluding carboxylic acids is 2. The second-order valence-corrected chi connectivity index (χ2v) is 8.63. The standard InChI is InChI=1S/C21H11BrCl2F3N5O2/c22-10-3-4-11-9(6-10)7-12(18(28)33)17(16(11)24)30-20(34)14-8-15(21(25,26)27)31-32(14)19-13(23)2-1-5-29-19/h1-8H,(H2,28,33)(H,30,34). The lowest BCUT2D eigenvalue weighted by Gasteiger charge is -2.14. The fraction of sp³-hybridized carbons (Fsp3) is 0.0476. The number of pyridine rings is 1. The number of aromatic nitrogens is 3. The minimum Gasteiger partial charge on any atom is -0.366 e. The number of nitrogens with one attached hydrogen (secondary N) is 1. The second kappa shape index (κ2) is 8.90. The number of carbonyl (C=O) groups is 2. The minimum atomic E-state index is -4.85. The number of rotatable bonds is 4. The van der Waals surface area contributed by atoms with E-state index in [2.05, 4.69) is 31.3 Å². The molecular weight excluding hydrogens is 562 g/mol. The third-order valence-corrected chi connectivity index (χ3v) is 5.90. The van der Waals surface area contributed by atoms with Gasteiger partial charge in [-0.2, -0.15) is 18.3 Å². The predicted molar refractivity (Wildman–Crippen MR) is 125 cm³/mol. The molecule has 0 atom stereocenters. The zero-order valence-corrected chi connectivity index (χ0v) is 19.7. The van der Waals surface area contributed by atoms with Crippen molar-refractivity contribution in [3.8, 4) is 5.82 Å². The Balaban J connectivity index is 1.87. The Morgan fingerprint density at radius 2 is 1.85 bits per heavy atom. The Morgan fingerprint density at radius 1 is 1.12 bits per heavy atom. The molecule has 174 valence electrons. The first-order valence-electron chi connectivity index (χ1n) is 9.28. The zero-order chi connectivity index (χ0) is 24.8. The van der Waals surface area contributed by atoms with E-state index in [1.165, 1.54) is 24.4 Å². The number of anilines is 1. The van der Waals surface area contributed by atoms with Crippen LogP contribution >= 0.6 is 39.1 Å². The number of hydrogen-bond donors (Lipinski definition) is 2. The zero-order valence-electron chi connectivity index (χ0n) is 16.6. The van der Waals surface area contributed by atoms with Crippen LogP contribution in [0.1, 0.15) is 26.5 Å². The molecule has 0 fully saturated rings. The summed E-state index contributed by atoms with van der Waals surface area (Å²) >= 11 is 15.8. The van der Waals surface area contributed by atoms with Crippen LogP contribution in [-0.4, -0.2) is 26.6 Å². The molecule has 0 unspecified atom stereocenters. The summed E-state index contributed by atoms with van der Waals surface area (Å²) in [6.07, 6.45) is -3.57. The number of primary amides is 1. The number of fused-ring (bicyclic) bond motifs is 1. The first-order chi connectivity index (χ1) is 16.0. The average molecular weight is 573 g/mol. The van der Waals surface area contributed by atoms with Crippen LogP contribution in [0.2, 0.25) is 10.0 Å². The molecule has 0 saturated carbocycles. The molecule has 3 N–H and O–H groups in total. The summed E-state index contributed by atoms with van der Waals surface area (Å²) in [7, 11) is 0. The lowest BCUT2D eigenvalue weighted by atomic mass is 10.0. The monoisotopic (exact) mass is 571 g/mol. The molecular formula is C21H11BrCl2F3N5O2. The van der Waals surface area contributed by atoms with Crippen LogP contribution in [0, 0.1) is 0 Å². The van der Waals surface area contributed by atoms with Crippen molar-refractivity contribution in [2.24, 2.45) is 5.73 Å². The summed E-state index contributed by atoms with van der Waals surface area (Å²) < 4.78 is 41.5. The molecule has 2 aromatic carbocycles. The van der Waals surface area contributed by atoms with E-state index in [9.17, 15) is 22.8 Å². The molecule has 0 aliphatic carbocycles. The molecule has 34 heavy (non-hydrogen) atoms. The third kappa shape index (κ3) is 4.46. The van der Waals surface area contributed by atoms with E-state index in [1.807, 2.05) is 0 Å². The molecule has 2 amide bonds. The van der Waals surface area contributed by atoms with E-state index in [-0.39, 0.29) is 27.1 Å². The van der Waals surface area contributed by atoms with Gasteiger partial charge in [0.25, 0.3) is 11.8 Å². The number of halogens is 6. The quantitative estimate of drug-likeness (QED) is 0.320. The first-order valence-corrected chi connectivity index (χ1v) is 10.8. The molecule has 13 heteroatoms. The third-order valence-electron chi connectivity index (χ3n) is 4.71. The van der Waals surface area contributed by atoms with Crippen LogP contribution in [-0.2, 0) is 6.18 Å². The molecule has 0 spiro atoms. The predicted octanol–water partition coefficient (Wildman–Crippen LogP) is 5.86. The Labute approximate surface area is 207 Å². The van der Waals surface area contributed by atoms with Gasteiger partial charge in [0, 0.05) is 22.1 Å². The minimum absolute atomic E-state index is 0.0230. The molecule has 0 aliphatic heterocycles. The van der Waals surface area contributed by atoms with Crippen LogP contribution in [0.15, 0.2) is 53.1 Å². The van der Waals surface area contributed by atoms with Crippen LogP contribution in [0.25, 0.3) is 16.6 Å². The molecule has 0 saturated heterocycles. The Hall–Kier alpha value is -3.15. The molecule has 2 aromatic heterocycles. The number of hydrogen-bond acceptors (Lipinski definition) is 4. The summed E-state index contributed by atoms with van der Waals surface area (Å²) in [5, 5.41) is 6.83. The van der Waals surface area contributed by atoms with Gasteiger partial charge >= 0.3 is 6.18 Å². The highest BCUT2D eigenvalue weighted by atomic mass is 79.9. The SMILES string of the molecule is NC(=O)c1cc2cc(Br)ccc2c(Cl)c1NC(=O)c1cc(C(F)(F)F)nn1-c1ncccc1Cl. The summed E-state index contributed by atoms with van der Waals surface area (Å²) in [5.41, 5.74) is 3.28. The molecule has 7 nitrogen and oxygen atoms in total. The molecule has 4 aromatic rings. The van der Waals surface area contributed by atoms with Crippen molar-refractivity contribution in [2.45, 2.75) is 6.18 Å². The Bertz CT molecular complexity index is 1470. The van der Waals surface area contributed by atoms with Crippen molar-refractivity contribution in [3.05, 3.63) is 80.1 Å². The van der Waals surface area contributed by atoms with E-state index in [0.717, 1.165) is 0 Å². The maximum absolute atomic E-state index is 13.4. The van der Waals surface area contributed by atoms with Crippen molar-refractivity contribution >= 4 is 67.4 Å². The lowest BCUT2D eigenvalue weighted by Crippen LogP contribution is -2.21. The van der Waals surface area contributed by atoms with Gasteiger partial charge < -0.3 is 11.1 Å². The van der Waals surface area contributed by atoms with Crippen molar-refractivity contribution in [3.63, 3.8) is 0 Å². The normalized spacial score (nSPS) is 11.6. The highest BCUT2D eigenvalue weighted by molar-refractivity contribution is 9.10.